The molecule has 1 aromatic heterocycles. The molecule has 0 saturated heterocycles. The van der Waals surface area contributed by atoms with E-state index in [2.05, 4.69) is 28.5 Å². The highest BCUT2D eigenvalue weighted by molar-refractivity contribution is 7.99. The largest absolute Gasteiger partial charge is 0.353 e. The molecule has 1 amide bonds. The van der Waals surface area contributed by atoms with Gasteiger partial charge in [0.25, 0.3) is 0 Å². The minimum absolute atomic E-state index is 0.0845. The van der Waals surface area contributed by atoms with Crippen molar-refractivity contribution in [1.82, 2.24) is 20.1 Å². The number of para-hydroxylation sites is 1. The second kappa shape index (κ2) is 7.64. The van der Waals surface area contributed by atoms with Gasteiger partial charge in [-0.2, -0.15) is 0 Å². The number of nitrogens with one attached hydrogen (secondary N) is 1. The number of amides is 1. The fourth-order valence-corrected chi connectivity index (χ4v) is 3.70. The molecule has 0 atom stereocenters. The Morgan fingerprint density at radius 1 is 1.30 bits per heavy atom. The molecule has 1 aliphatic carbocycles. The zero-order valence-electron chi connectivity index (χ0n) is 13.4. The fraction of sp³-hybridized carbons (Fsp3) is 0.471. The van der Waals surface area contributed by atoms with Crippen LogP contribution in [0.1, 0.15) is 37.7 Å². The van der Waals surface area contributed by atoms with Crippen molar-refractivity contribution >= 4 is 17.7 Å². The number of aromatic nitrogens is 3. The SMILES string of the molecule is Cc1ccccc1-n1cnnc1SCC(=O)NC1CCCCC1. The molecule has 122 valence electrons. The van der Waals surface area contributed by atoms with Crippen molar-refractivity contribution in [2.45, 2.75) is 50.2 Å². The monoisotopic (exact) mass is 330 g/mol. The van der Waals surface area contributed by atoms with Crippen LogP contribution in [0.5, 0.6) is 0 Å². The Bertz CT molecular complexity index is 664. The van der Waals surface area contributed by atoms with E-state index < -0.39 is 0 Å². The van der Waals surface area contributed by atoms with Gasteiger partial charge in [-0.25, -0.2) is 0 Å². The minimum Gasteiger partial charge on any atom is -0.353 e. The Morgan fingerprint density at radius 2 is 2.09 bits per heavy atom. The Kier molecular flexibility index (Phi) is 5.33. The van der Waals surface area contributed by atoms with E-state index in [1.54, 1.807) is 6.33 Å². The van der Waals surface area contributed by atoms with Gasteiger partial charge in [-0.1, -0.05) is 49.2 Å². The average molecular weight is 330 g/mol. The first kappa shape index (κ1) is 16.1. The first-order valence-electron chi connectivity index (χ1n) is 8.12. The van der Waals surface area contributed by atoms with E-state index in [0.29, 0.717) is 11.8 Å². The van der Waals surface area contributed by atoms with Crippen LogP contribution in [-0.4, -0.2) is 32.5 Å². The summed E-state index contributed by atoms with van der Waals surface area (Å²) in [4.78, 5) is 12.1. The standard InChI is InChI=1S/C17H22N4OS/c1-13-7-5-6-10-15(13)21-12-18-20-17(21)23-11-16(22)19-14-8-3-2-4-9-14/h5-7,10,12,14H,2-4,8-9,11H2,1H3,(H,19,22). The summed E-state index contributed by atoms with van der Waals surface area (Å²) in [6, 6.07) is 8.44. The van der Waals surface area contributed by atoms with Crippen LogP contribution in [0, 0.1) is 6.92 Å². The quantitative estimate of drug-likeness (QED) is 0.856. The number of carbonyl (C=O) groups excluding carboxylic acids is 1. The molecule has 2 aromatic rings. The molecule has 5 nitrogen and oxygen atoms in total. The van der Waals surface area contributed by atoms with Gasteiger partial charge in [0.15, 0.2) is 5.16 Å². The van der Waals surface area contributed by atoms with Gasteiger partial charge >= 0.3 is 0 Å². The van der Waals surface area contributed by atoms with Crippen LogP contribution in [0.25, 0.3) is 5.69 Å². The van der Waals surface area contributed by atoms with E-state index >= 15 is 0 Å². The number of benzene rings is 1. The summed E-state index contributed by atoms with van der Waals surface area (Å²) in [5.41, 5.74) is 2.20. The van der Waals surface area contributed by atoms with E-state index in [1.807, 2.05) is 22.8 Å². The van der Waals surface area contributed by atoms with Crippen molar-refractivity contribution < 1.29 is 4.79 Å². The number of nitrogens with zero attached hydrogens (tertiary/aromatic N) is 3. The van der Waals surface area contributed by atoms with Gasteiger partial charge in [0.1, 0.15) is 6.33 Å². The Morgan fingerprint density at radius 3 is 2.87 bits per heavy atom. The number of carbonyl (C=O) groups is 1. The molecule has 1 aliphatic rings. The molecule has 0 aliphatic heterocycles. The molecular weight excluding hydrogens is 308 g/mol. The lowest BCUT2D eigenvalue weighted by Crippen LogP contribution is -2.37. The molecule has 1 heterocycles. The molecule has 1 aromatic carbocycles. The highest BCUT2D eigenvalue weighted by Gasteiger charge is 2.17. The van der Waals surface area contributed by atoms with Gasteiger partial charge in [-0.15, -0.1) is 10.2 Å². The highest BCUT2D eigenvalue weighted by atomic mass is 32.2. The first-order chi connectivity index (χ1) is 11.2. The number of thioether (sulfide) groups is 1. The predicted molar refractivity (Wildman–Crippen MR) is 91.8 cm³/mol. The van der Waals surface area contributed by atoms with E-state index in [4.69, 9.17) is 0 Å². The summed E-state index contributed by atoms with van der Waals surface area (Å²) < 4.78 is 1.94. The molecule has 1 saturated carbocycles. The predicted octanol–water partition coefficient (Wildman–Crippen LogP) is 3.12. The van der Waals surface area contributed by atoms with Crippen molar-refractivity contribution in [3.63, 3.8) is 0 Å². The fourth-order valence-electron chi connectivity index (χ4n) is 2.97. The van der Waals surface area contributed by atoms with Crippen molar-refractivity contribution in [1.29, 1.82) is 0 Å². The third-order valence-corrected chi connectivity index (χ3v) is 5.14. The summed E-state index contributed by atoms with van der Waals surface area (Å²) in [6.07, 6.45) is 7.65. The van der Waals surface area contributed by atoms with Crippen LogP contribution in [0.15, 0.2) is 35.7 Å². The summed E-state index contributed by atoms with van der Waals surface area (Å²) in [5.74, 6) is 0.461. The van der Waals surface area contributed by atoms with Gasteiger partial charge in [-0.3, -0.25) is 9.36 Å². The second-order valence-electron chi connectivity index (χ2n) is 5.96. The number of hydrogen-bond donors (Lipinski definition) is 1. The summed E-state index contributed by atoms with van der Waals surface area (Å²) in [5, 5.41) is 12.0. The van der Waals surface area contributed by atoms with Gasteiger partial charge < -0.3 is 5.32 Å². The topological polar surface area (TPSA) is 59.8 Å². The molecule has 0 radical (unpaired) electrons. The average Bonchev–Trinajstić information content (AvgIpc) is 3.03. The highest BCUT2D eigenvalue weighted by Crippen LogP contribution is 2.22. The molecule has 0 unspecified atom stereocenters. The zero-order valence-corrected chi connectivity index (χ0v) is 14.2. The second-order valence-corrected chi connectivity index (χ2v) is 6.90. The van der Waals surface area contributed by atoms with Crippen LogP contribution in [0.3, 0.4) is 0 Å². The van der Waals surface area contributed by atoms with E-state index in [0.717, 1.165) is 29.2 Å². The Balaban J connectivity index is 1.60. The lowest BCUT2D eigenvalue weighted by Gasteiger charge is -2.22. The maximum Gasteiger partial charge on any atom is 0.230 e. The smallest absolute Gasteiger partial charge is 0.230 e. The van der Waals surface area contributed by atoms with Crippen LogP contribution in [-0.2, 0) is 4.79 Å². The zero-order chi connectivity index (χ0) is 16.1. The number of aryl methyl sites for hydroxylation is 1. The maximum atomic E-state index is 12.1. The summed E-state index contributed by atoms with van der Waals surface area (Å²) >= 11 is 1.43. The lowest BCUT2D eigenvalue weighted by molar-refractivity contribution is -0.119. The van der Waals surface area contributed by atoms with Gasteiger partial charge in [0.05, 0.1) is 11.4 Å². The molecule has 6 heteroatoms. The Hall–Kier alpha value is -1.82. The Labute approximate surface area is 140 Å². The van der Waals surface area contributed by atoms with E-state index in [1.165, 1.54) is 31.0 Å². The van der Waals surface area contributed by atoms with Crippen LogP contribution in [0.2, 0.25) is 0 Å². The number of rotatable bonds is 5. The molecule has 23 heavy (non-hydrogen) atoms. The van der Waals surface area contributed by atoms with Crippen molar-refractivity contribution in [2.75, 3.05) is 5.75 Å². The van der Waals surface area contributed by atoms with Crippen LogP contribution < -0.4 is 5.32 Å². The lowest BCUT2D eigenvalue weighted by atomic mass is 9.95. The van der Waals surface area contributed by atoms with Crippen molar-refractivity contribution in [3.05, 3.63) is 36.2 Å². The van der Waals surface area contributed by atoms with Crippen molar-refractivity contribution in [2.24, 2.45) is 0 Å². The normalized spacial score (nSPS) is 15.5. The van der Waals surface area contributed by atoms with Gasteiger partial charge in [0, 0.05) is 6.04 Å². The van der Waals surface area contributed by atoms with Crippen LogP contribution >= 0.6 is 11.8 Å². The molecule has 1 fully saturated rings. The number of hydrogen-bond acceptors (Lipinski definition) is 4. The molecular formula is C17H22N4OS. The third kappa shape index (κ3) is 4.13. The molecule has 0 bridgehead atoms. The van der Waals surface area contributed by atoms with E-state index in [-0.39, 0.29) is 5.91 Å². The van der Waals surface area contributed by atoms with Crippen LogP contribution in [0.4, 0.5) is 0 Å². The van der Waals surface area contributed by atoms with Crippen molar-refractivity contribution in [3.8, 4) is 5.69 Å². The molecule has 0 spiro atoms. The maximum absolute atomic E-state index is 12.1. The van der Waals surface area contributed by atoms with E-state index in [9.17, 15) is 4.79 Å². The third-order valence-electron chi connectivity index (χ3n) is 4.19. The summed E-state index contributed by atoms with van der Waals surface area (Å²) in [7, 11) is 0. The summed E-state index contributed by atoms with van der Waals surface area (Å²) in [6.45, 7) is 2.06. The minimum atomic E-state index is 0.0845. The molecule has 3 rings (SSSR count). The molecule has 1 N–H and O–H groups in total. The van der Waals surface area contributed by atoms with Gasteiger partial charge in [-0.05, 0) is 31.4 Å². The first-order valence-corrected chi connectivity index (χ1v) is 9.11. The van der Waals surface area contributed by atoms with Gasteiger partial charge in [0.2, 0.25) is 5.91 Å².